The fraction of sp³-hybridized carbons (Fsp3) is 0.923. The van der Waals surface area contributed by atoms with Crippen LogP contribution in [0.15, 0.2) is 0 Å². The molecule has 1 unspecified atom stereocenters. The van der Waals surface area contributed by atoms with Gasteiger partial charge in [0.1, 0.15) is 5.78 Å². The Hall–Kier alpha value is -0.410. The fourth-order valence-corrected chi connectivity index (χ4v) is 2.10. The van der Waals surface area contributed by atoms with Gasteiger partial charge in [-0.1, -0.05) is 13.8 Å². The lowest BCUT2D eigenvalue weighted by atomic mass is 9.95. The summed E-state index contributed by atoms with van der Waals surface area (Å²) < 4.78 is 5.57. The van der Waals surface area contributed by atoms with E-state index in [1.807, 2.05) is 0 Å². The van der Waals surface area contributed by atoms with Crippen LogP contribution >= 0.6 is 0 Å². The first kappa shape index (κ1) is 13.7. The molecule has 0 saturated carbocycles. The molecule has 0 amide bonds. The molecule has 0 aromatic heterocycles. The normalized spacial score (nSPS) is 22.6. The number of Topliss-reactive ketones (excluding diaryl/α,β-unsaturated/α-hetero) is 1. The topological polar surface area (TPSA) is 29.5 Å². The van der Waals surface area contributed by atoms with Gasteiger partial charge in [0.15, 0.2) is 0 Å². The minimum absolute atomic E-state index is 0.263. The van der Waals surface area contributed by atoms with Crippen LogP contribution < -0.4 is 0 Å². The molecule has 0 aromatic carbocycles. The van der Waals surface area contributed by atoms with Gasteiger partial charge in [-0.15, -0.1) is 0 Å². The smallest absolute Gasteiger partial charge is 0.134 e. The summed E-state index contributed by atoms with van der Waals surface area (Å²) in [5.41, 5.74) is 0. The number of ether oxygens (including phenoxy) is 1. The highest BCUT2D eigenvalue weighted by molar-refractivity contribution is 5.78. The first-order chi connectivity index (χ1) is 7.59. The van der Waals surface area contributed by atoms with E-state index < -0.39 is 0 Å². The molecule has 1 saturated heterocycles. The molecule has 0 bridgehead atoms. The second-order valence-corrected chi connectivity index (χ2v) is 5.22. The second-order valence-electron chi connectivity index (χ2n) is 5.22. The van der Waals surface area contributed by atoms with E-state index in [2.05, 4.69) is 18.7 Å². The highest BCUT2D eigenvalue weighted by atomic mass is 16.5. The molecule has 0 aliphatic carbocycles. The fourth-order valence-electron chi connectivity index (χ4n) is 2.10. The van der Waals surface area contributed by atoms with Crippen LogP contribution in [0, 0.1) is 11.8 Å². The molecule has 0 spiro atoms. The summed E-state index contributed by atoms with van der Waals surface area (Å²) >= 11 is 0. The maximum Gasteiger partial charge on any atom is 0.134 e. The Morgan fingerprint density at radius 3 is 2.88 bits per heavy atom. The molecule has 16 heavy (non-hydrogen) atoms. The van der Waals surface area contributed by atoms with Gasteiger partial charge in [0.25, 0.3) is 0 Å². The number of ketones is 1. The lowest BCUT2D eigenvalue weighted by Gasteiger charge is -2.31. The van der Waals surface area contributed by atoms with Gasteiger partial charge >= 0.3 is 0 Å². The highest BCUT2D eigenvalue weighted by Crippen LogP contribution is 2.16. The summed E-state index contributed by atoms with van der Waals surface area (Å²) in [6.07, 6.45) is 2.22. The van der Waals surface area contributed by atoms with Gasteiger partial charge in [-0.05, 0) is 32.2 Å². The molecule has 1 fully saturated rings. The number of rotatable bonds is 6. The maximum absolute atomic E-state index is 11.3. The van der Waals surface area contributed by atoms with E-state index in [-0.39, 0.29) is 5.92 Å². The van der Waals surface area contributed by atoms with Crippen LogP contribution in [0.25, 0.3) is 0 Å². The molecular weight excluding hydrogens is 202 g/mol. The summed E-state index contributed by atoms with van der Waals surface area (Å²) in [5.74, 6) is 1.21. The first-order valence-electron chi connectivity index (χ1n) is 6.40. The van der Waals surface area contributed by atoms with Crippen molar-refractivity contribution < 1.29 is 9.53 Å². The van der Waals surface area contributed by atoms with Crippen molar-refractivity contribution in [3.63, 3.8) is 0 Å². The molecule has 3 nitrogen and oxygen atoms in total. The van der Waals surface area contributed by atoms with E-state index in [9.17, 15) is 4.79 Å². The summed E-state index contributed by atoms with van der Waals surface area (Å²) in [7, 11) is 0. The molecule has 1 aliphatic rings. The van der Waals surface area contributed by atoms with E-state index in [4.69, 9.17) is 4.74 Å². The van der Waals surface area contributed by atoms with Crippen LogP contribution in [0.3, 0.4) is 0 Å². The monoisotopic (exact) mass is 227 g/mol. The van der Waals surface area contributed by atoms with Crippen LogP contribution in [-0.2, 0) is 9.53 Å². The Morgan fingerprint density at radius 2 is 2.25 bits per heavy atom. The Kier molecular flexibility index (Phi) is 5.99. The lowest BCUT2D eigenvalue weighted by Crippen LogP contribution is -2.39. The maximum atomic E-state index is 11.3. The van der Waals surface area contributed by atoms with Gasteiger partial charge in [-0.25, -0.2) is 0 Å². The average Bonchev–Trinajstić information content (AvgIpc) is 2.24. The number of piperidine rings is 1. The van der Waals surface area contributed by atoms with Crippen LogP contribution in [0.5, 0.6) is 0 Å². The van der Waals surface area contributed by atoms with Gasteiger partial charge in [0.2, 0.25) is 0 Å². The number of hydrogen-bond acceptors (Lipinski definition) is 3. The molecule has 0 aromatic rings. The zero-order valence-electron chi connectivity index (χ0n) is 10.9. The van der Waals surface area contributed by atoms with Crippen LogP contribution in [-0.4, -0.2) is 43.5 Å². The molecule has 1 rings (SSSR count). The largest absolute Gasteiger partial charge is 0.380 e. The summed E-state index contributed by atoms with van der Waals surface area (Å²) in [5, 5.41) is 0. The number of likely N-dealkylation sites (tertiary alicyclic amines) is 1. The van der Waals surface area contributed by atoms with Crippen molar-refractivity contribution in [3.8, 4) is 0 Å². The van der Waals surface area contributed by atoms with E-state index >= 15 is 0 Å². The molecular formula is C13H25NO2. The Bertz CT molecular complexity index is 216. The van der Waals surface area contributed by atoms with Crippen molar-refractivity contribution in [3.05, 3.63) is 0 Å². The van der Waals surface area contributed by atoms with Crippen LogP contribution in [0.1, 0.15) is 33.6 Å². The molecule has 0 N–H and O–H groups in total. The van der Waals surface area contributed by atoms with Crippen LogP contribution in [0.4, 0.5) is 0 Å². The predicted molar refractivity (Wildman–Crippen MR) is 65.5 cm³/mol. The Morgan fingerprint density at radius 1 is 1.50 bits per heavy atom. The zero-order valence-corrected chi connectivity index (χ0v) is 10.9. The molecule has 0 radical (unpaired) electrons. The van der Waals surface area contributed by atoms with Gasteiger partial charge in [0, 0.05) is 25.6 Å². The van der Waals surface area contributed by atoms with Gasteiger partial charge < -0.3 is 9.64 Å². The number of carbonyl (C=O) groups is 1. The number of nitrogens with zero attached hydrogens (tertiary/aromatic N) is 1. The number of hydrogen-bond donors (Lipinski definition) is 0. The predicted octanol–water partition coefficient (Wildman–Crippen LogP) is 1.96. The van der Waals surface area contributed by atoms with E-state index in [1.54, 1.807) is 6.92 Å². The SMILES string of the molecule is CC(=O)C1CCCN(CCOCC(C)C)C1. The van der Waals surface area contributed by atoms with Crippen molar-refractivity contribution in [2.45, 2.75) is 33.6 Å². The Balaban J connectivity index is 2.14. The van der Waals surface area contributed by atoms with Crippen molar-refractivity contribution in [2.24, 2.45) is 11.8 Å². The van der Waals surface area contributed by atoms with Crippen LogP contribution in [0.2, 0.25) is 0 Å². The third-order valence-electron chi connectivity index (χ3n) is 3.08. The van der Waals surface area contributed by atoms with E-state index in [0.717, 1.165) is 45.7 Å². The standard InChI is InChI=1S/C13H25NO2/c1-11(2)10-16-8-7-14-6-4-5-13(9-14)12(3)15/h11,13H,4-10H2,1-3H3. The summed E-state index contributed by atoms with van der Waals surface area (Å²) in [6, 6.07) is 0. The highest BCUT2D eigenvalue weighted by Gasteiger charge is 2.22. The second kappa shape index (κ2) is 7.02. The summed E-state index contributed by atoms with van der Waals surface area (Å²) in [6.45, 7) is 10.7. The average molecular weight is 227 g/mol. The summed E-state index contributed by atoms with van der Waals surface area (Å²) in [4.78, 5) is 13.7. The third-order valence-corrected chi connectivity index (χ3v) is 3.08. The van der Waals surface area contributed by atoms with E-state index in [1.165, 1.54) is 0 Å². The quantitative estimate of drug-likeness (QED) is 0.650. The lowest BCUT2D eigenvalue weighted by molar-refractivity contribution is -0.122. The molecule has 3 heteroatoms. The zero-order chi connectivity index (χ0) is 12.0. The van der Waals surface area contributed by atoms with Crippen molar-refractivity contribution in [1.82, 2.24) is 4.90 Å². The van der Waals surface area contributed by atoms with Crippen molar-refractivity contribution in [2.75, 3.05) is 32.8 Å². The van der Waals surface area contributed by atoms with Gasteiger partial charge in [0.05, 0.1) is 6.61 Å². The Labute approximate surface area is 99.1 Å². The van der Waals surface area contributed by atoms with Gasteiger partial charge in [-0.2, -0.15) is 0 Å². The molecule has 94 valence electrons. The first-order valence-corrected chi connectivity index (χ1v) is 6.40. The minimum Gasteiger partial charge on any atom is -0.380 e. The van der Waals surface area contributed by atoms with Gasteiger partial charge in [-0.3, -0.25) is 4.79 Å². The molecule has 1 atom stereocenters. The number of carbonyl (C=O) groups excluding carboxylic acids is 1. The van der Waals surface area contributed by atoms with E-state index in [0.29, 0.717) is 11.7 Å². The minimum atomic E-state index is 0.263. The third kappa shape index (κ3) is 5.08. The molecule has 1 aliphatic heterocycles. The molecule has 1 heterocycles. The van der Waals surface area contributed by atoms with Crippen molar-refractivity contribution in [1.29, 1.82) is 0 Å². The van der Waals surface area contributed by atoms with Crippen molar-refractivity contribution >= 4 is 5.78 Å².